The average Bonchev–Trinajstić information content (AvgIpc) is 2.88. The van der Waals surface area contributed by atoms with Crippen molar-refractivity contribution in [1.82, 2.24) is 0 Å². The third kappa shape index (κ3) is 4.52. The van der Waals surface area contributed by atoms with Crippen LogP contribution in [0.4, 0.5) is 5.69 Å². The fourth-order valence-electron chi connectivity index (χ4n) is 2.43. The Morgan fingerprint density at radius 2 is 2.24 bits per heavy atom. The molecule has 1 aliphatic rings. The lowest BCUT2D eigenvalue weighted by atomic mass is 10.1. The lowest BCUT2D eigenvalue weighted by Gasteiger charge is -2.11. The molecule has 1 saturated heterocycles. The predicted molar refractivity (Wildman–Crippen MR) is 79.4 cm³/mol. The van der Waals surface area contributed by atoms with Crippen molar-refractivity contribution >= 4 is 21.6 Å². The van der Waals surface area contributed by atoms with Crippen molar-refractivity contribution in [2.45, 2.75) is 43.6 Å². The first-order valence-corrected chi connectivity index (χ1v) is 8.46. The summed E-state index contributed by atoms with van der Waals surface area (Å²) in [5, 5.41) is 7.85. The number of nitrogens with two attached hydrogens (primary N) is 1. The van der Waals surface area contributed by atoms with E-state index in [1.807, 2.05) is 0 Å². The number of anilines is 1. The third-order valence-electron chi connectivity index (χ3n) is 3.48. The van der Waals surface area contributed by atoms with Gasteiger partial charge in [-0.25, -0.2) is 13.6 Å². The highest BCUT2D eigenvalue weighted by atomic mass is 32.2. The van der Waals surface area contributed by atoms with E-state index in [2.05, 4.69) is 5.32 Å². The van der Waals surface area contributed by atoms with Gasteiger partial charge in [-0.15, -0.1) is 0 Å². The normalized spacial score (nSPS) is 18.7. The second-order valence-corrected chi connectivity index (χ2v) is 6.78. The summed E-state index contributed by atoms with van der Waals surface area (Å²) in [4.78, 5) is 11.9. The topological polar surface area (TPSA) is 98.5 Å². The molecule has 2 rings (SSSR count). The molecule has 3 N–H and O–H groups in total. The number of benzene rings is 1. The van der Waals surface area contributed by atoms with E-state index in [-0.39, 0.29) is 16.9 Å². The second-order valence-electron chi connectivity index (χ2n) is 5.25. The molecule has 1 atom stereocenters. The molecule has 116 valence electrons. The van der Waals surface area contributed by atoms with Crippen molar-refractivity contribution in [1.29, 1.82) is 0 Å². The first kappa shape index (κ1) is 15.9. The Balaban J connectivity index is 1.93. The van der Waals surface area contributed by atoms with Crippen molar-refractivity contribution in [3.8, 4) is 0 Å². The summed E-state index contributed by atoms with van der Waals surface area (Å²) in [6, 6.07) is 4.54. The van der Waals surface area contributed by atoms with Gasteiger partial charge in [0, 0.05) is 18.7 Å². The zero-order chi connectivity index (χ0) is 15.5. The number of carbonyl (C=O) groups excluding carboxylic acids is 1. The first-order chi connectivity index (χ1) is 9.86. The van der Waals surface area contributed by atoms with Gasteiger partial charge in [-0.1, -0.05) is 0 Å². The highest BCUT2D eigenvalue weighted by Gasteiger charge is 2.17. The van der Waals surface area contributed by atoms with Crippen LogP contribution in [0.25, 0.3) is 0 Å². The van der Waals surface area contributed by atoms with E-state index < -0.39 is 10.0 Å². The maximum atomic E-state index is 11.9. The molecule has 1 heterocycles. The summed E-state index contributed by atoms with van der Waals surface area (Å²) in [5.74, 6) is -0.103. The quantitative estimate of drug-likeness (QED) is 0.861. The standard InChI is InChI=1S/C14H20N2O4S/c1-10-9-11(4-6-13(10)21(15,18)19)16-14(17)7-5-12-3-2-8-20-12/h4,6,9,12H,2-3,5,7-8H2,1H3,(H,16,17)(H2,15,18,19). The Kier molecular flexibility index (Phi) is 4.97. The number of nitrogens with one attached hydrogen (secondary N) is 1. The average molecular weight is 312 g/mol. The van der Waals surface area contributed by atoms with E-state index in [9.17, 15) is 13.2 Å². The summed E-state index contributed by atoms with van der Waals surface area (Å²) in [6.45, 7) is 2.42. The molecule has 21 heavy (non-hydrogen) atoms. The molecule has 1 aliphatic heterocycles. The van der Waals surface area contributed by atoms with Crippen molar-refractivity contribution in [2.24, 2.45) is 5.14 Å². The molecule has 0 radical (unpaired) electrons. The Labute approximate surface area is 124 Å². The molecular weight excluding hydrogens is 292 g/mol. The summed E-state index contributed by atoms with van der Waals surface area (Å²) < 4.78 is 28.1. The molecule has 0 saturated carbocycles. The van der Waals surface area contributed by atoms with Gasteiger partial charge in [0.15, 0.2) is 0 Å². The smallest absolute Gasteiger partial charge is 0.238 e. The van der Waals surface area contributed by atoms with E-state index >= 15 is 0 Å². The molecule has 0 aliphatic carbocycles. The molecule has 1 amide bonds. The summed E-state index contributed by atoms with van der Waals surface area (Å²) >= 11 is 0. The highest BCUT2D eigenvalue weighted by Crippen LogP contribution is 2.20. The predicted octanol–water partition coefficient (Wildman–Crippen LogP) is 1.54. The monoisotopic (exact) mass is 312 g/mol. The van der Waals surface area contributed by atoms with E-state index in [0.29, 0.717) is 24.1 Å². The summed E-state index contributed by atoms with van der Waals surface area (Å²) in [7, 11) is -3.73. The number of carbonyl (C=O) groups is 1. The van der Waals surface area contributed by atoms with Crippen LogP contribution in [-0.4, -0.2) is 27.0 Å². The van der Waals surface area contributed by atoms with Crippen LogP contribution in [0.15, 0.2) is 23.1 Å². The Hall–Kier alpha value is -1.44. The van der Waals surface area contributed by atoms with Crippen LogP contribution in [0.3, 0.4) is 0 Å². The fourth-order valence-corrected chi connectivity index (χ4v) is 3.20. The Morgan fingerprint density at radius 1 is 1.48 bits per heavy atom. The minimum atomic E-state index is -3.73. The Bertz CT molecular complexity index is 622. The minimum absolute atomic E-state index is 0.0693. The third-order valence-corrected chi connectivity index (χ3v) is 4.55. The van der Waals surface area contributed by atoms with Crippen LogP contribution in [-0.2, 0) is 19.6 Å². The van der Waals surface area contributed by atoms with Gasteiger partial charge in [-0.2, -0.15) is 0 Å². The molecule has 1 unspecified atom stereocenters. The van der Waals surface area contributed by atoms with Gasteiger partial charge in [-0.05, 0) is 49.9 Å². The van der Waals surface area contributed by atoms with Crippen LogP contribution in [0.2, 0.25) is 0 Å². The number of amides is 1. The zero-order valence-electron chi connectivity index (χ0n) is 12.0. The van der Waals surface area contributed by atoms with Crippen LogP contribution in [0.5, 0.6) is 0 Å². The summed E-state index contributed by atoms with van der Waals surface area (Å²) in [5.41, 5.74) is 1.08. The van der Waals surface area contributed by atoms with Gasteiger partial charge in [-0.3, -0.25) is 4.79 Å². The number of ether oxygens (including phenoxy) is 1. The van der Waals surface area contributed by atoms with Gasteiger partial charge < -0.3 is 10.1 Å². The molecule has 1 aromatic carbocycles. The molecule has 1 fully saturated rings. The van der Waals surface area contributed by atoms with Crippen LogP contribution < -0.4 is 10.5 Å². The number of rotatable bonds is 5. The number of sulfonamides is 1. The molecule has 0 aromatic heterocycles. The van der Waals surface area contributed by atoms with Gasteiger partial charge >= 0.3 is 0 Å². The number of aryl methyl sites for hydroxylation is 1. The lowest BCUT2D eigenvalue weighted by molar-refractivity contribution is -0.116. The largest absolute Gasteiger partial charge is 0.378 e. The number of hydrogen-bond donors (Lipinski definition) is 2. The van der Waals surface area contributed by atoms with Gasteiger partial charge in [0.05, 0.1) is 11.0 Å². The summed E-state index contributed by atoms with van der Waals surface area (Å²) in [6.07, 6.45) is 3.35. The maximum Gasteiger partial charge on any atom is 0.238 e. The highest BCUT2D eigenvalue weighted by molar-refractivity contribution is 7.89. The van der Waals surface area contributed by atoms with E-state index in [1.54, 1.807) is 13.0 Å². The molecule has 1 aromatic rings. The molecule has 0 spiro atoms. The Morgan fingerprint density at radius 3 is 2.81 bits per heavy atom. The number of hydrogen-bond acceptors (Lipinski definition) is 4. The van der Waals surface area contributed by atoms with Crippen LogP contribution >= 0.6 is 0 Å². The lowest BCUT2D eigenvalue weighted by Crippen LogP contribution is -2.16. The van der Waals surface area contributed by atoms with Gasteiger partial charge in [0.1, 0.15) is 0 Å². The van der Waals surface area contributed by atoms with E-state index in [4.69, 9.17) is 9.88 Å². The van der Waals surface area contributed by atoms with Crippen molar-refractivity contribution < 1.29 is 17.9 Å². The molecule has 6 nitrogen and oxygen atoms in total. The minimum Gasteiger partial charge on any atom is -0.378 e. The maximum absolute atomic E-state index is 11.9. The molecular formula is C14H20N2O4S. The second kappa shape index (κ2) is 6.55. The van der Waals surface area contributed by atoms with E-state index in [0.717, 1.165) is 19.4 Å². The van der Waals surface area contributed by atoms with Gasteiger partial charge in [0.2, 0.25) is 15.9 Å². The van der Waals surface area contributed by atoms with E-state index in [1.165, 1.54) is 12.1 Å². The van der Waals surface area contributed by atoms with Crippen molar-refractivity contribution in [3.05, 3.63) is 23.8 Å². The van der Waals surface area contributed by atoms with Crippen LogP contribution in [0.1, 0.15) is 31.2 Å². The van der Waals surface area contributed by atoms with Crippen molar-refractivity contribution in [2.75, 3.05) is 11.9 Å². The SMILES string of the molecule is Cc1cc(NC(=O)CCC2CCCO2)ccc1S(N)(=O)=O. The fraction of sp³-hybridized carbons (Fsp3) is 0.500. The van der Waals surface area contributed by atoms with Crippen LogP contribution in [0, 0.1) is 6.92 Å². The molecule has 7 heteroatoms. The zero-order valence-corrected chi connectivity index (χ0v) is 12.8. The van der Waals surface area contributed by atoms with Crippen molar-refractivity contribution in [3.63, 3.8) is 0 Å². The van der Waals surface area contributed by atoms with Gasteiger partial charge in [0.25, 0.3) is 0 Å². The molecule has 0 bridgehead atoms. The first-order valence-electron chi connectivity index (χ1n) is 6.91. The number of primary sulfonamides is 1.